The predicted octanol–water partition coefficient (Wildman–Crippen LogP) is 1.23. The van der Waals surface area contributed by atoms with Gasteiger partial charge in [-0.05, 0) is 36.7 Å². The fourth-order valence-electron chi connectivity index (χ4n) is 3.75. The van der Waals surface area contributed by atoms with Crippen LogP contribution in [0.25, 0.3) is 0 Å². The second-order valence-corrected chi connectivity index (χ2v) is 5.65. The number of hydrazine groups is 1. The van der Waals surface area contributed by atoms with E-state index < -0.39 is 0 Å². The van der Waals surface area contributed by atoms with Gasteiger partial charge in [0, 0.05) is 25.7 Å². The zero-order chi connectivity index (χ0) is 11.8. The lowest BCUT2D eigenvalue weighted by molar-refractivity contribution is 0.432. The Hall–Kier alpha value is -0.870. The van der Waals surface area contributed by atoms with Gasteiger partial charge < -0.3 is 0 Å². The zero-order valence-corrected chi connectivity index (χ0v) is 10.5. The molecule has 0 radical (unpaired) electrons. The fourth-order valence-corrected chi connectivity index (χ4v) is 3.75. The molecule has 0 amide bonds. The topological polar surface area (TPSA) is 55.9 Å². The highest BCUT2D eigenvalue weighted by Gasteiger charge is 2.53. The Morgan fingerprint density at radius 3 is 2.71 bits per heavy atom. The van der Waals surface area contributed by atoms with Gasteiger partial charge in [0.2, 0.25) is 0 Å². The molecule has 0 spiro atoms. The molecule has 2 saturated carbocycles. The van der Waals surface area contributed by atoms with Crippen LogP contribution in [-0.2, 0) is 13.5 Å². The van der Waals surface area contributed by atoms with Crippen molar-refractivity contribution in [3.05, 3.63) is 18.0 Å². The quantitative estimate of drug-likeness (QED) is 0.608. The maximum Gasteiger partial charge on any atom is 0.0640 e. The first-order chi connectivity index (χ1) is 8.29. The van der Waals surface area contributed by atoms with Crippen molar-refractivity contribution in [1.29, 1.82) is 0 Å². The average molecular weight is 234 g/mol. The van der Waals surface area contributed by atoms with Crippen LogP contribution in [0.3, 0.4) is 0 Å². The SMILES string of the molecule is Cn1ccc(CC(NN)C2C3CCCCC32)n1. The van der Waals surface area contributed by atoms with E-state index in [0.717, 1.165) is 29.9 Å². The molecule has 0 aromatic carbocycles. The predicted molar refractivity (Wildman–Crippen MR) is 67.0 cm³/mol. The first-order valence-corrected chi connectivity index (χ1v) is 6.74. The van der Waals surface area contributed by atoms with Gasteiger partial charge in [-0.15, -0.1) is 0 Å². The molecule has 2 aliphatic carbocycles. The first kappa shape index (κ1) is 11.2. The first-order valence-electron chi connectivity index (χ1n) is 6.74. The van der Waals surface area contributed by atoms with Gasteiger partial charge in [-0.2, -0.15) is 5.10 Å². The van der Waals surface area contributed by atoms with Gasteiger partial charge in [-0.1, -0.05) is 12.8 Å². The Kier molecular flexibility index (Phi) is 2.92. The van der Waals surface area contributed by atoms with Gasteiger partial charge in [0.1, 0.15) is 0 Å². The number of hydrogen-bond acceptors (Lipinski definition) is 3. The standard InChI is InChI=1S/C13H22N4/c1-17-7-6-9(16-17)8-12(15-14)13-10-4-2-3-5-11(10)13/h6-7,10-13,15H,2-5,8,14H2,1H3. The third-order valence-corrected chi connectivity index (χ3v) is 4.60. The molecule has 2 fully saturated rings. The highest BCUT2D eigenvalue weighted by molar-refractivity contribution is 5.09. The van der Waals surface area contributed by atoms with Crippen LogP contribution in [0.1, 0.15) is 31.4 Å². The molecule has 4 nitrogen and oxygen atoms in total. The van der Waals surface area contributed by atoms with E-state index in [1.54, 1.807) is 0 Å². The summed E-state index contributed by atoms with van der Waals surface area (Å²) in [5.74, 6) is 8.41. The smallest absolute Gasteiger partial charge is 0.0640 e. The number of nitrogens with one attached hydrogen (secondary N) is 1. The monoisotopic (exact) mass is 234 g/mol. The number of nitrogens with zero attached hydrogens (tertiary/aromatic N) is 2. The number of nitrogens with two attached hydrogens (primary N) is 1. The van der Waals surface area contributed by atoms with Crippen molar-refractivity contribution < 1.29 is 0 Å². The fraction of sp³-hybridized carbons (Fsp3) is 0.769. The maximum atomic E-state index is 5.74. The van der Waals surface area contributed by atoms with E-state index in [0.29, 0.717) is 6.04 Å². The second kappa shape index (κ2) is 4.42. The average Bonchev–Trinajstić information content (AvgIpc) is 2.93. The molecule has 17 heavy (non-hydrogen) atoms. The number of aromatic nitrogens is 2. The largest absolute Gasteiger partial charge is 0.276 e. The molecule has 3 rings (SSSR count). The van der Waals surface area contributed by atoms with E-state index in [4.69, 9.17) is 5.84 Å². The molecule has 0 bridgehead atoms. The van der Waals surface area contributed by atoms with Gasteiger partial charge in [-0.25, -0.2) is 0 Å². The maximum absolute atomic E-state index is 5.74. The normalized spacial score (nSPS) is 33.2. The summed E-state index contributed by atoms with van der Waals surface area (Å²) in [6.07, 6.45) is 8.63. The molecule has 2 aliphatic rings. The van der Waals surface area contributed by atoms with Gasteiger partial charge >= 0.3 is 0 Å². The summed E-state index contributed by atoms with van der Waals surface area (Å²) in [5.41, 5.74) is 4.18. The Labute approximate surface area is 103 Å². The van der Waals surface area contributed by atoms with Crippen molar-refractivity contribution >= 4 is 0 Å². The molecule has 3 unspecified atom stereocenters. The summed E-state index contributed by atoms with van der Waals surface area (Å²) >= 11 is 0. The van der Waals surface area contributed by atoms with Crippen LogP contribution >= 0.6 is 0 Å². The van der Waals surface area contributed by atoms with E-state index in [9.17, 15) is 0 Å². The van der Waals surface area contributed by atoms with Crippen molar-refractivity contribution in [2.24, 2.45) is 30.6 Å². The molecule has 4 heteroatoms. The molecule has 1 aromatic heterocycles. The Balaban J connectivity index is 1.64. The molecule has 3 atom stereocenters. The molecule has 0 aliphatic heterocycles. The summed E-state index contributed by atoms with van der Waals surface area (Å²) < 4.78 is 1.86. The second-order valence-electron chi connectivity index (χ2n) is 5.65. The van der Waals surface area contributed by atoms with Crippen molar-refractivity contribution in [2.75, 3.05) is 0 Å². The summed E-state index contributed by atoms with van der Waals surface area (Å²) in [5, 5.41) is 4.45. The molecular weight excluding hydrogens is 212 g/mol. The van der Waals surface area contributed by atoms with Crippen LogP contribution in [0.15, 0.2) is 12.3 Å². The van der Waals surface area contributed by atoms with Crippen LogP contribution in [0, 0.1) is 17.8 Å². The lowest BCUT2D eigenvalue weighted by atomic mass is 10.0. The van der Waals surface area contributed by atoms with E-state index in [1.807, 2.05) is 17.9 Å². The Morgan fingerprint density at radius 2 is 2.18 bits per heavy atom. The highest BCUT2D eigenvalue weighted by atomic mass is 15.3. The zero-order valence-electron chi connectivity index (χ0n) is 10.5. The van der Waals surface area contributed by atoms with Crippen LogP contribution < -0.4 is 11.3 Å². The van der Waals surface area contributed by atoms with Crippen molar-refractivity contribution in [3.63, 3.8) is 0 Å². The van der Waals surface area contributed by atoms with Crippen LogP contribution in [0.4, 0.5) is 0 Å². The third-order valence-electron chi connectivity index (χ3n) is 4.60. The summed E-state index contributed by atoms with van der Waals surface area (Å²) in [7, 11) is 1.96. The van der Waals surface area contributed by atoms with Gasteiger partial charge in [-0.3, -0.25) is 16.0 Å². The summed E-state index contributed by atoms with van der Waals surface area (Å²) in [6, 6.07) is 2.51. The van der Waals surface area contributed by atoms with E-state index in [-0.39, 0.29) is 0 Å². The lowest BCUT2D eigenvalue weighted by Crippen LogP contribution is -2.39. The van der Waals surface area contributed by atoms with Crippen molar-refractivity contribution in [2.45, 2.75) is 38.1 Å². The Morgan fingerprint density at radius 1 is 1.47 bits per heavy atom. The minimum absolute atomic E-state index is 0.415. The summed E-state index contributed by atoms with van der Waals surface area (Å²) in [6.45, 7) is 0. The minimum Gasteiger partial charge on any atom is -0.276 e. The molecule has 1 aromatic rings. The van der Waals surface area contributed by atoms with Crippen molar-refractivity contribution in [1.82, 2.24) is 15.2 Å². The van der Waals surface area contributed by atoms with Gasteiger partial charge in [0.15, 0.2) is 0 Å². The van der Waals surface area contributed by atoms with E-state index in [2.05, 4.69) is 16.6 Å². The lowest BCUT2D eigenvalue weighted by Gasteiger charge is -2.14. The highest BCUT2D eigenvalue weighted by Crippen LogP contribution is 2.57. The van der Waals surface area contributed by atoms with Crippen LogP contribution in [-0.4, -0.2) is 15.8 Å². The Bertz CT molecular complexity index is 375. The summed E-state index contributed by atoms with van der Waals surface area (Å²) in [4.78, 5) is 0. The number of rotatable bonds is 4. The molecular formula is C13H22N4. The molecule has 1 heterocycles. The molecule has 3 N–H and O–H groups in total. The number of hydrogen-bond donors (Lipinski definition) is 2. The number of aryl methyl sites for hydroxylation is 1. The van der Waals surface area contributed by atoms with E-state index in [1.165, 1.54) is 25.7 Å². The van der Waals surface area contributed by atoms with Crippen LogP contribution in [0.2, 0.25) is 0 Å². The minimum atomic E-state index is 0.415. The molecule has 0 saturated heterocycles. The van der Waals surface area contributed by atoms with E-state index >= 15 is 0 Å². The van der Waals surface area contributed by atoms with Gasteiger partial charge in [0.05, 0.1) is 5.69 Å². The molecule has 94 valence electrons. The third kappa shape index (κ3) is 2.11. The van der Waals surface area contributed by atoms with Crippen LogP contribution in [0.5, 0.6) is 0 Å². The van der Waals surface area contributed by atoms with Gasteiger partial charge in [0.25, 0.3) is 0 Å². The van der Waals surface area contributed by atoms with Crippen molar-refractivity contribution in [3.8, 4) is 0 Å². The number of fused-ring (bicyclic) bond motifs is 1.